The Balaban J connectivity index is 2.19. The Labute approximate surface area is 120 Å². The molecule has 10 heteroatoms. The summed E-state index contributed by atoms with van der Waals surface area (Å²) in [5, 5.41) is 4.10. The first-order valence-corrected chi connectivity index (χ1v) is 5.88. The molecule has 2 rings (SSSR count). The molecule has 0 fully saturated rings. The molecule has 1 aromatic carbocycles. The summed E-state index contributed by atoms with van der Waals surface area (Å²) in [6.07, 6.45) is -3.71. The van der Waals surface area contributed by atoms with Gasteiger partial charge in [0.25, 0.3) is 18.6 Å². The summed E-state index contributed by atoms with van der Waals surface area (Å²) < 4.78 is 43.8. The molecular formula is C11H8ClF3N3O3+. The second-order valence-electron chi connectivity index (χ2n) is 4.01. The third-order valence-electron chi connectivity index (χ3n) is 2.40. The molecule has 1 aromatic heterocycles. The van der Waals surface area contributed by atoms with Crippen molar-refractivity contribution < 1.29 is 27.2 Å². The summed E-state index contributed by atoms with van der Waals surface area (Å²) in [6.45, 7) is -0.411. The molecule has 0 saturated carbocycles. The Hall–Kier alpha value is -2.29. The van der Waals surface area contributed by atoms with Crippen LogP contribution < -0.4 is 15.6 Å². The SMILES string of the molecule is O=C(C[n+]1cc(=O)o[nH]1)Nc1ccc(Cl)cc1C(F)(F)F. The van der Waals surface area contributed by atoms with E-state index in [2.05, 4.69) is 15.1 Å². The van der Waals surface area contributed by atoms with E-state index in [0.717, 1.165) is 16.9 Å². The molecule has 1 heterocycles. The van der Waals surface area contributed by atoms with Gasteiger partial charge in [0.2, 0.25) is 0 Å². The summed E-state index contributed by atoms with van der Waals surface area (Å²) in [6, 6.07) is 2.98. The molecule has 0 aliphatic heterocycles. The van der Waals surface area contributed by atoms with Gasteiger partial charge in [0.15, 0.2) is 0 Å². The number of alkyl halides is 3. The molecule has 0 atom stereocenters. The van der Waals surface area contributed by atoms with Crippen LogP contribution in [0, 0.1) is 0 Å². The number of carbonyl (C=O) groups is 1. The topological polar surface area (TPSA) is 79.0 Å². The van der Waals surface area contributed by atoms with Crippen molar-refractivity contribution in [3.8, 4) is 0 Å². The van der Waals surface area contributed by atoms with Crippen LogP contribution in [0.3, 0.4) is 0 Å². The zero-order chi connectivity index (χ0) is 15.6. The van der Waals surface area contributed by atoms with Crippen LogP contribution in [0.15, 0.2) is 33.7 Å². The quantitative estimate of drug-likeness (QED) is 0.842. The van der Waals surface area contributed by atoms with E-state index in [1.165, 1.54) is 6.07 Å². The summed E-state index contributed by atoms with van der Waals surface area (Å²) in [4.78, 5) is 22.4. The number of amides is 1. The smallest absolute Gasteiger partial charge is 0.320 e. The number of nitrogens with zero attached hydrogens (tertiary/aromatic N) is 1. The minimum Gasteiger partial charge on any atom is -0.320 e. The number of aromatic amines is 1. The first kappa shape index (κ1) is 15.1. The van der Waals surface area contributed by atoms with Crippen molar-refractivity contribution in [1.82, 2.24) is 5.27 Å². The van der Waals surface area contributed by atoms with Gasteiger partial charge >= 0.3 is 11.8 Å². The van der Waals surface area contributed by atoms with Gasteiger partial charge in [-0.05, 0) is 23.5 Å². The standard InChI is InChI=1S/C11H7ClF3N3O3/c12-6-1-2-8(7(3-6)11(13,14)15)16-9(19)4-18-5-10(20)21-17-18/h1-3,5H,4H2,(H-,16,17,19,20)/p+1. The number of aromatic nitrogens is 2. The second kappa shape index (κ2) is 5.60. The normalized spacial score (nSPS) is 11.4. The molecule has 6 nitrogen and oxygen atoms in total. The first-order valence-electron chi connectivity index (χ1n) is 5.50. The van der Waals surface area contributed by atoms with Gasteiger partial charge in [-0.1, -0.05) is 16.3 Å². The fraction of sp³-hybridized carbons (Fsp3) is 0.182. The Morgan fingerprint density at radius 3 is 2.71 bits per heavy atom. The number of carbonyl (C=O) groups excluding carboxylic acids is 1. The van der Waals surface area contributed by atoms with Gasteiger partial charge in [0, 0.05) is 5.02 Å². The average molecular weight is 323 g/mol. The van der Waals surface area contributed by atoms with Crippen LogP contribution >= 0.6 is 11.6 Å². The highest BCUT2D eigenvalue weighted by Gasteiger charge is 2.34. The second-order valence-corrected chi connectivity index (χ2v) is 4.44. The summed E-state index contributed by atoms with van der Waals surface area (Å²) in [7, 11) is 0. The molecule has 0 radical (unpaired) electrons. The third kappa shape index (κ3) is 3.85. The van der Waals surface area contributed by atoms with Crippen LogP contribution in [-0.2, 0) is 17.5 Å². The van der Waals surface area contributed by atoms with E-state index in [1.807, 2.05) is 0 Å². The van der Waals surface area contributed by atoms with Crippen molar-refractivity contribution in [2.45, 2.75) is 12.7 Å². The summed E-state index contributed by atoms with van der Waals surface area (Å²) in [5.41, 5.74) is -2.21. The van der Waals surface area contributed by atoms with Gasteiger partial charge in [-0.3, -0.25) is 9.32 Å². The van der Waals surface area contributed by atoms with Gasteiger partial charge in [-0.25, -0.2) is 4.79 Å². The highest BCUT2D eigenvalue weighted by Crippen LogP contribution is 2.36. The predicted octanol–water partition coefficient (Wildman–Crippen LogP) is 1.57. The number of H-pyrrole nitrogens is 1. The zero-order valence-corrected chi connectivity index (χ0v) is 11.0. The van der Waals surface area contributed by atoms with Crippen LogP contribution in [-0.4, -0.2) is 11.2 Å². The van der Waals surface area contributed by atoms with Gasteiger partial charge in [-0.15, -0.1) is 0 Å². The van der Waals surface area contributed by atoms with Crippen molar-refractivity contribution in [1.29, 1.82) is 0 Å². The molecule has 2 N–H and O–H groups in total. The molecule has 1 amide bonds. The van der Waals surface area contributed by atoms with Crippen molar-refractivity contribution in [2.75, 3.05) is 5.32 Å². The van der Waals surface area contributed by atoms with E-state index in [0.29, 0.717) is 6.07 Å². The van der Waals surface area contributed by atoms with Gasteiger partial charge in [0.05, 0.1) is 11.3 Å². The Morgan fingerprint density at radius 1 is 1.43 bits per heavy atom. The van der Waals surface area contributed by atoms with E-state index >= 15 is 0 Å². The maximum atomic E-state index is 12.8. The molecule has 0 spiro atoms. The molecule has 112 valence electrons. The van der Waals surface area contributed by atoms with E-state index < -0.39 is 35.5 Å². The maximum absolute atomic E-state index is 12.8. The minimum absolute atomic E-state index is 0.103. The third-order valence-corrected chi connectivity index (χ3v) is 2.63. The average Bonchev–Trinajstić information content (AvgIpc) is 2.75. The molecular weight excluding hydrogens is 315 g/mol. The Bertz CT molecular complexity index is 723. The summed E-state index contributed by atoms with van der Waals surface area (Å²) in [5.74, 6) is -0.773. The maximum Gasteiger partial charge on any atom is 0.426 e. The number of hydrogen-bond donors (Lipinski definition) is 2. The monoisotopic (exact) mass is 322 g/mol. The van der Waals surface area contributed by atoms with Crippen molar-refractivity contribution in [3.05, 3.63) is 45.4 Å². The fourth-order valence-electron chi connectivity index (χ4n) is 1.57. The van der Waals surface area contributed by atoms with E-state index in [4.69, 9.17) is 11.6 Å². The molecule has 0 saturated heterocycles. The first-order chi connectivity index (χ1) is 9.75. The van der Waals surface area contributed by atoms with Crippen molar-refractivity contribution in [2.24, 2.45) is 0 Å². The molecule has 21 heavy (non-hydrogen) atoms. The molecule has 0 bridgehead atoms. The predicted molar refractivity (Wildman–Crippen MR) is 64.6 cm³/mol. The lowest BCUT2D eigenvalue weighted by atomic mass is 10.1. The number of benzene rings is 1. The molecule has 2 aromatic rings. The fourth-order valence-corrected chi connectivity index (χ4v) is 1.74. The number of nitrogens with one attached hydrogen (secondary N) is 2. The molecule has 0 aliphatic carbocycles. The van der Waals surface area contributed by atoms with Crippen LogP contribution in [0.2, 0.25) is 5.02 Å². The lowest BCUT2D eigenvalue weighted by Gasteiger charge is -2.13. The van der Waals surface area contributed by atoms with Crippen LogP contribution in [0.4, 0.5) is 18.9 Å². The van der Waals surface area contributed by atoms with E-state index in [1.54, 1.807) is 0 Å². The summed E-state index contributed by atoms with van der Waals surface area (Å²) >= 11 is 5.52. The number of anilines is 1. The number of halogens is 4. The minimum atomic E-state index is -4.66. The Morgan fingerprint density at radius 2 is 2.14 bits per heavy atom. The van der Waals surface area contributed by atoms with E-state index in [-0.39, 0.29) is 5.02 Å². The Kier molecular flexibility index (Phi) is 4.03. The largest absolute Gasteiger partial charge is 0.426 e. The lowest BCUT2D eigenvalue weighted by molar-refractivity contribution is -0.750. The highest BCUT2D eigenvalue weighted by molar-refractivity contribution is 6.30. The lowest BCUT2D eigenvalue weighted by Crippen LogP contribution is -2.41. The van der Waals surface area contributed by atoms with Crippen molar-refractivity contribution >= 4 is 23.2 Å². The van der Waals surface area contributed by atoms with Gasteiger partial charge < -0.3 is 5.32 Å². The van der Waals surface area contributed by atoms with Gasteiger partial charge in [-0.2, -0.15) is 13.2 Å². The highest BCUT2D eigenvalue weighted by atomic mass is 35.5. The molecule has 0 aliphatic rings. The van der Waals surface area contributed by atoms with Crippen LogP contribution in [0.5, 0.6) is 0 Å². The van der Waals surface area contributed by atoms with E-state index in [9.17, 15) is 22.8 Å². The number of hydrogen-bond acceptors (Lipinski definition) is 3. The van der Waals surface area contributed by atoms with Crippen LogP contribution in [0.25, 0.3) is 0 Å². The number of rotatable bonds is 3. The zero-order valence-electron chi connectivity index (χ0n) is 10.2. The van der Waals surface area contributed by atoms with Crippen molar-refractivity contribution in [3.63, 3.8) is 0 Å². The molecule has 0 unspecified atom stereocenters. The van der Waals surface area contributed by atoms with Crippen LogP contribution in [0.1, 0.15) is 5.56 Å². The van der Waals surface area contributed by atoms with Gasteiger partial charge in [0.1, 0.15) is 0 Å².